The largest absolute Gasteiger partial charge is 0.243 e. The minimum atomic E-state index is -0.101. The van der Waals surface area contributed by atoms with E-state index in [4.69, 9.17) is 1.37 Å². The van der Waals surface area contributed by atoms with Gasteiger partial charge >= 0.3 is 0 Å². The van der Waals surface area contributed by atoms with E-state index in [9.17, 15) is 0 Å². The van der Waals surface area contributed by atoms with Gasteiger partial charge in [0.1, 0.15) is 0 Å². The molecule has 0 radical (unpaired) electrons. The minimum absolute atomic E-state index is 0.101. The third-order valence-corrected chi connectivity index (χ3v) is 3.11. The van der Waals surface area contributed by atoms with Crippen molar-refractivity contribution in [3.05, 3.63) is 11.5 Å². The summed E-state index contributed by atoms with van der Waals surface area (Å²) in [6, 6.07) is 0. The molecule has 0 bridgehead atoms. The summed E-state index contributed by atoms with van der Waals surface area (Å²) < 4.78 is 9.79. The summed E-state index contributed by atoms with van der Waals surface area (Å²) in [6.45, 7) is 3.21. The van der Waals surface area contributed by atoms with Crippen LogP contribution in [0.15, 0.2) is 11.5 Å². The lowest BCUT2D eigenvalue weighted by atomic mass is 10.1. The molecule has 0 N–H and O–H groups in total. The van der Waals surface area contributed by atoms with Crippen molar-refractivity contribution in [1.29, 1.82) is 0 Å². The fraction of sp³-hybridized carbons (Fsp3) is 0.818. The second-order valence-corrected chi connectivity index (χ2v) is 4.44. The lowest BCUT2D eigenvalue weighted by Gasteiger charge is -2.12. The van der Waals surface area contributed by atoms with Crippen LogP contribution in [0.2, 0.25) is 0 Å². The van der Waals surface area contributed by atoms with Crippen LogP contribution in [0.1, 0.15) is 46.8 Å². The number of hydrogen-bond donors (Lipinski definition) is 0. The Balaban J connectivity index is 1.89. The van der Waals surface area contributed by atoms with Gasteiger partial charge in [0.15, 0.2) is 0 Å². The quantitative estimate of drug-likeness (QED) is 0.454. The Kier molecular flexibility index (Phi) is 5.50. The summed E-state index contributed by atoms with van der Waals surface area (Å²) in [5.74, 6) is 0. The molecule has 0 aliphatic carbocycles. The van der Waals surface area contributed by atoms with Crippen molar-refractivity contribution in [2.24, 2.45) is 0 Å². The van der Waals surface area contributed by atoms with E-state index < -0.39 is 0 Å². The van der Waals surface area contributed by atoms with Crippen LogP contribution >= 0.6 is 11.9 Å². The third-order valence-electron chi connectivity index (χ3n) is 2.26. The molecular formula is C11H21NS. The van der Waals surface area contributed by atoms with Crippen LogP contribution in [-0.2, 0) is 0 Å². The van der Waals surface area contributed by atoms with Crippen molar-refractivity contribution in [3.8, 4) is 0 Å². The predicted octanol–water partition coefficient (Wildman–Crippen LogP) is 3.82. The Morgan fingerprint density at radius 1 is 1.31 bits per heavy atom. The third kappa shape index (κ3) is 5.37. The first-order chi connectivity index (χ1) is 6.84. The molecule has 13 heavy (non-hydrogen) atoms. The predicted molar refractivity (Wildman–Crippen MR) is 61.7 cm³/mol. The van der Waals surface area contributed by atoms with E-state index >= 15 is 0 Å². The Morgan fingerprint density at radius 3 is 2.77 bits per heavy atom. The zero-order valence-electron chi connectivity index (χ0n) is 9.54. The van der Waals surface area contributed by atoms with E-state index in [1.54, 1.807) is 11.9 Å². The molecule has 76 valence electrons. The normalized spacial score (nSPS) is 23.8. The van der Waals surface area contributed by atoms with Crippen LogP contribution in [0.5, 0.6) is 0 Å². The van der Waals surface area contributed by atoms with Gasteiger partial charge in [0, 0.05) is 14.4 Å². The van der Waals surface area contributed by atoms with E-state index in [0.717, 1.165) is 6.54 Å². The van der Waals surface area contributed by atoms with E-state index in [1.165, 1.54) is 38.5 Å². The molecule has 1 atom stereocenters. The highest BCUT2D eigenvalue weighted by Crippen LogP contribution is 2.18. The van der Waals surface area contributed by atoms with Gasteiger partial charge in [-0.2, -0.15) is 0 Å². The summed E-state index contributed by atoms with van der Waals surface area (Å²) in [6.07, 6.45) is 9.95. The van der Waals surface area contributed by atoms with Crippen LogP contribution in [0, 0.1) is 0 Å². The Hall–Kier alpha value is 0.0500. The highest BCUT2D eigenvalue weighted by atomic mass is 32.2. The molecule has 2 heteroatoms. The van der Waals surface area contributed by atoms with E-state index in [1.807, 2.05) is 11.5 Å². The minimum Gasteiger partial charge on any atom is -0.243 e. The smallest absolute Gasteiger partial charge is 0.0485 e. The molecule has 1 unspecified atom stereocenters. The van der Waals surface area contributed by atoms with Crippen LogP contribution in [0.3, 0.4) is 0 Å². The molecule has 0 aromatic rings. The van der Waals surface area contributed by atoms with Crippen molar-refractivity contribution in [3.63, 3.8) is 0 Å². The number of hydrogen-bond acceptors (Lipinski definition) is 2. The summed E-state index contributed by atoms with van der Waals surface area (Å²) >= 11 is 1.68. The Bertz CT molecular complexity index is 173. The Morgan fingerprint density at radius 2 is 2.08 bits per heavy atom. The first kappa shape index (κ1) is 9.60. The first-order valence-corrected chi connectivity index (χ1v) is 6.20. The zero-order valence-corrected chi connectivity index (χ0v) is 9.35. The van der Waals surface area contributed by atoms with Crippen LogP contribution in [-0.4, -0.2) is 17.4 Å². The van der Waals surface area contributed by atoms with Gasteiger partial charge in [-0.1, -0.05) is 57.1 Å². The summed E-state index contributed by atoms with van der Waals surface area (Å²) in [7, 11) is 0. The maximum absolute atomic E-state index is 7.65. The molecule has 1 rings (SSSR count). The Labute approximate surface area is 88.1 Å². The van der Waals surface area contributed by atoms with Gasteiger partial charge < -0.3 is 0 Å². The molecule has 1 heterocycles. The highest BCUT2D eigenvalue weighted by Gasteiger charge is 2.05. The van der Waals surface area contributed by atoms with Gasteiger partial charge in [0.25, 0.3) is 0 Å². The monoisotopic (exact) mass is 200 g/mol. The average Bonchev–Trinajstić information content (AvgIpc) is 2.58. The zero-order chi connectivity index (χ0) is 10.2. The SMILES string of the molecule is [2H]C1C=CSN1CCCCCCCC. The fourth-order valence-corrected chi connectivity index (χ4v) is 2.13. The van der Waals surface area contributed by atoms with Crippen molar-refractivity contribution in [2.75, 3.05) is 13.1 Å². The summed E-state index contributed by atoms with van der Waals surface area (Å²) in [4.78, 5) is 0. The molecule has 0 fully saturated rings. The molecule has 0 amide bonds. The van der Waals surface area contributed by atoms with E-state index in [2.05, 4.69) is 11.2 Å². The van der Waals surface area contributed by atoms with Crippen LogP contribution in [0.25, 0.3) is 0 Å². The highest BCUT2D eigenvalue weighted by molar-refractivity contribution is 8.00. The topological polar surface area (TPSA) is 3.24 Å². The van der Waals surface area contributed by atoms with E-state index in [-0.39, 0.29) is 6.52 Å². The maximum atomic E-state index is 7.65. The molecule has 0 saturated heterocycles. The van der Waals surface area contributed by atoms with Gasteiger partial charge in [0.05, 0.1) is 0 Å². The van der Waals surface area contributed by atoms with Gasteiger partial charge in [-0.25, -0.2) is 4.31 Å². The van der Waals surface area contributed by atoms with Crippen molar-refractivity contribution in [1.82, 2.24) is 4.31 Å². The second-order valence-electron chi connectivity index (χ2n) is 3.49. The fourth-order valence-electron chi connectivity index (χ4n) is 1.45. The van der Waals surface area contributed by atoms with Crippen LogP contribution < -0.4 is 0 Å². The molecular weight excluding hydrogens is 178 g/mol. The van der Waals surface area contributed by atoms with Gasteiger partial charge in [-0.05, 0) is 11.8 Å². The molecule has 1 aliphatic heterocycles. The molecule has 0 saturated carbocycles. The van der Waals surface area contributed by atoms with Gasteiger partial charge in [0.2, 0.25) is 0 Å². The second kappa shape index (κ2) is 7.45. The average molecular weight is 200 g/mol. The first-order valence-electron chi connectivity index (χ1n) is 5.94. The lowest BCUT2D eigenvalue weighted by Crippen LogP contribution is -2.12. The summed E-state index contributed by atoms with van der Waals surface area (Å²) in [5, 5.41) is 2.02. The molecule has 0 aromatic carbocycles. The molecule has 0 spiro atoms. The summed E-state index contributed by atoms with van der Waals surface area (Å²) in [5.41, 5.74) is 0. The lowest BCUT2D eigenvalue weighted by molar-refractivity contribution is 0.485. The van der Waals surface area contributed by atoms with Crippen molar-refractivity contribution < 1.29 is 1.37 Å². The molecule has 0 aromatic heterocycles. The van der Waals surface area contributed by atoms with E-state index in [0.29, 0.717) is 0 Å². The van der Waals surface area contributed by atoms with Gasteiger partial charge in [-0.3, -0.25) is 0 Å². The molecule has 1 aliphatic rings. The number of unbranched alkanes of at least 4 members (excludes halogenated alkanes) is 5. The van der Waals surface area contributed by atoms with Gasteiger partial charge in [-0.15, -0.1) is 0 Å². The van der Waals surface area contributed by atoms with Crippen LogP contribution in [0.4, 0.5) is 0 Å². The standard InChI is InChI=1S/C11H21NS/c1-2-3-4-5-6-7-9-12-10-8-11-13-12/h8,11H,2-7,9-10H2,1H3/i10D. The number of rotatable bonds is 7. The number of nitrogens with zero attached hydrogens (tertiary/aromatic N) is 1. The molecule has 1 nitrogen and oxygen atoms in total. The van der Waals surface area contributed by atoms with Crippen molar-refractivity contribution in [2.45, 2.75) is 45.4 Å². The maximum Gasteiger partial charge on any atom is 0.0485 e. The van der Waals surface area contributed by atoms with Crippen molar-refractivity contribution >= 4 is 11.9 Å².